The van der Waals surface area contributed by atoms with E-state index in [4.69, 9.17) is 11.6 Å². The molecule has 1 aliphatic carbocycles. The minimum absolute atomic E-state index is 0.175. The Kier molecular flexibility index (Phi) is 4.61. The molecular weight excluding hydrogens is 324 g/mol. The van der Waals surface area contributed by atoms with Crippen molar-refractivity contribution in [3.63, 3.8) is 0 Å². The lowest BCUT2D eigenvalue weighted by molar-refractivity contribution is -0.135. The predicted molar refractivity (Wildman–Crippen MR) is 94.0 cm³/mol. The van der Waals surface area contributed by atoms with Gasteiger partial charge in [0.1, 0.15) is 0 Å². The number of carbonyl (C=O) groups is 1. The minimum atomic E-state index is 0.175. The van der Waals surface area contributed by atoms with E-state index < -0.39 is 0 Å². The Labute approximate surface area is 148 Å². The quantitative estimate of drug-likeness (QED) is 0.824. The fourth-order valence-corrected chi connectivity index (χ4v) is 4.74. The maximum Gasteiger partial charge on any atom is 0.225 e. The number of nitrogens with zero attached hydrogens (tertiary/aromatic N) is 4. The second-order valence-electron chi connectivity index (χ2n) is 7.51. The van der Waals surface area contributed by atoms with Crippen LogP contribution in [0.1, 0.15) is 38.5 Å². The molecule has 2 saturated heterocycles. The van der Waals surface area contributed by atoms with Crippen molar-refractivity contribution in [1.29, 1.82) is 0 Å². The van der Waals surface area contributed by atoms with Gasteiger partial charge in [0.25, 0.3) is 0 Å². The molecule has 2 aliphatic heterocycles. The van der Waals surface area contributed by atoms with Crippen LogP contribution in [0.25, 0.3) is 0 Å². The molecule has 130 valence electrons. The molecule has 0 radical (unpaired) electrons. The van der Waals surface area contributed by atoms with Crippen molar-refractivity contribution in [2.45, 2.75) is 38.5 Å². The van der Waals surface area contributed by atoms with E-state index in [1.54, 1.807) is 12.4 Å². The van der Waals surface area contributed by atoms with Crippen LogP contribution in [0.2, 0.25) is 5.02 Å². The minimum Gasteiger partial charge on any atom is -0.342 e. The highest BCUT2D eigenvalue weighted by atomic mass is 35.5. The first-order chi connectivity index (χ1) is 11.7. The molecule has 0 aromatic carbocycles. The molecule has 1 aromatic rings. The number of rotatable bonds is 2. The van der Waals surface area contributed by atoms with Gasteiger partial charge in [0.05, 0.1) is 17.4 Å². The van der Waals surface area contributed by atoms with Crippen LogP contribution in [0.3, 0.4) is 0 Å². The first-order valence-electron chi connectivity index (χ1n) is 9.22. The number of fused-ring (bicyclic) bond motifs is 1. The number of hydrogen-bond donors (Lipinski definition) is 0. The third-order valence-corrected chi connectivity index (χ3v) is 6.22. The molecule has 2 atom stereocenters. The van der Waals surface area contributed by atoms with Gasteiger partial charge in [-0.3, -0.25) is 4.79 Å². The second-order valence-corrected chi connectivity index (χ2v) is 7.95. The lowest BCUT2D eigenvalue weighted by Gasteiger charge is -2.33. The summed E-state index contributed by atoms with van der Waals surface area (Å²) in [5.41, 5.74) is 0. The molecule has 1 aromatic heterocycles. The number of anilines is 1. The number of likely N-dealkylation sites (tertiary alicyclic amines) is 1. The standard InChI is InChI=1S/C18H25ClN4O/c19-16-9-20-18(21-10-16)22-7-5-13(6-8-22)17(24)23-11-14-3-1-2-4-15(14)12-23/h9-10,13-15H,1-8,11-12H2. The van der Waals surface area contributed by atoms with Crippen molar-refractivity contribution < 1.29 is 4.79 Å². The van der Waals surface area contributed by atoms with E-state index in [9.17, 15) is 4.79 Å². The highest BCUT2D eigenvalue weighted by Gasteiger charge is 2.39. The van der Waals surface area contributed by atoms with Crippen molar-refractivity contribution >= 4 is 23.5 Å². The van der Waals surface area contributed by atoms with Gasteiger partial charge >= 0.3 is 0 Å². The third kappa shape index (κ3) is 3.23. The van der Waals surface area contributed by atoms with Gasteiger partial charge in [0.15, 0.2) is 0 Å². The van der Waals surface area contributed by atoms with Crippen LogP contribution in [0.5, 0.6) is 0 Å². The lowest BCUT2D eigenvalue weighted by Crippen LogP contribution is -2.42. The lowest BCUT2D eigenvalue weighted by atomic mass is 9.82. The van der Waals surface area contributed by atoms with Crippen LogP contribution >= 0.6 is 11.6 Å². The van der Waals surface area contributed by atoms with E-state index in [1.165, 1.54) is 25.7 Å². The van der Waals surface area contributed by atoms with Crippen LogP contribution in [0.4, 0.5) is 5.95 Å². The van der Waals surface area contributed by atoms with E-state index >= 15 is 0 Å². The van der Waals surface area contributed by atoms with E-state index in [-0.39, 0.29) is 5.92 Å². The maximum atomic E-state index is 12.9. The Hall–Kier alpha value is -1.36. The fourth-order valence-electron chi connectivity index (χ4n) is 4.64. The van der Waals surface area contributed by atoms with Crippen LogP contribution in [0.15, 0.2) is 12.4 Å². The van der Waals surface area contributed by atoms with E-state index in [1.807, 2.05) is 0 Å². The van der Waals surface area contributed by atoms with Gasteiger partial charge in [-0.1, -0.05) is 24.4 Å². The zero-order valence-corrected chi connectivity index (χ0v) is 14.8. The van der Waals surface area contributed by atoms with Crippen LogP contribution in [0, 0.1) is 17.8 Å². The monoisotopic (exact) mass is 348 g/mol. The SMILES string of the molecule is O=C(C1CCN(c2ncc(Cl)cn2)CC1)N1CC2CCCCC2C1. The molecule has 0 N–H and O–H groups in total. The average molecular weight is 349 g/mol. The maximum absolute atomic E-state index is 12.9. The summed E-state index contributed by atoms with van der Waals surface area (Å²) in [4.78, 5) is 25.8. The van der Waals surface area contributed by atoms with Gasteiger partial charge in [0.2, 0.25) is 11.9 Å². The number of aromatic nitrogens is 2. The third-order valence-electron chi connectivity index (χ3n) is 6.02. The average Bonchev–Trinajstić information content (AvgIpc) is 3.06. The van der Waals surface area contributed by atoms with Gasteiger partial charge in [-0.2, -0.15) is 0 Å². The van der Waals surface area contributed by atoms with Crippen LogP contribution < -0.4 is 4.90 Å². The smallest absolute Gasteiger partial charge is 0.225 e. The summed E-state index contributed by atoms with van der Waals surface area (Å²) in [6, 6.07) is 0. The molecule has 4 rings (SSSR count). The van der Waals surface area contributed by atoms with Crippen LogP contribution in [-0.2, 0) is 4.79 Å². The Balaban J connectivity index is 1.32. The molecule has 1 amide bonds. The zero-order chi connectivity index (χ0) is 16.5. The number of carbonyl (C=O) groups excluding carboxylic acids is 1. The molecule has 6 heteroatoms. The van der Waals surface area contributed by atoms with Gasteiger partial charge in [-0.05, 0) is 37.5 Å². The topological polar surface area (TPSA) is 49.3 Å². The Morgan fingerprint density at radius 1 is 1.00 bits per heavy atom. The van der Waals surface area contributed by atoms with E-state index in [2.05, 4.69) is 19.8 Å². The predicted octanol–water partition coefficient (Wildman–Crippen LogP) is 3.00. The first kappa shape index (κ1) is 16.1. The largest absolute Gasteiger partial charge is 0.342 e. The van der Waals surface area contributed by atoms with Crippen molar-refractivity contribution in [3.05, 3.63) is 17.4 Å². The molecule has 0 spiro atoms. The summed E-state index contributed by atoms with van der Waals surface area (Å²) in [5.74, 6) is 2.82. The second kappa shape index (κ2) is 6.87. The van der Waals surface area contributed by atoms with Crippen molar-refractivity contribution in [1.82, 2.24) is 14.9 Å². The first-order valence-corrected chi connectivity index (χ1v) is 9.60. The summed E-state index contributed by atoms with van der Waals surface area (Å²) < 4.78 is 0. The highest BCUT2D eigenvalue weighted by Crippen LogP contribution is 2.37. The van der Waals surface area contributed by atoms with E-state index in [0.29, 0.717) is 10.9 Å². The van der Waals surface area contributed by atoms with Gasteiger partial charge in [-0.25, -0.2) is 9.97 Å². The summed E-state index contributed by atoms with van der Waals surface area (Å²) in [6.45, 7) is 3.70. The molecule has 3 fully saturated rings. The van der Waals surface area contributed by atoms with Crippen molar-refractivity contribution in [2.24, 2.45) is 17.8 Å². The summed E-state index contributed by atoms with van der Waals surface area (Å²) in [7, 11) is 0. The highest BCUT2D eigenvalue weighted by molar-refractivity contribution is 6.30. The van der Waals surface area contributed by atoms with Gasteiger partial charge < -0.3 is 9.80 Å². The molecule has 1 saturated carbocycles. The van der Waals surface area contributed by atoms with E-state index in [0.717, 1.165) is 56.8 Å². The number of halogens is 1. The summed E-state index contributed by atoms with van der Waals surface area (Å²) in [6.07, 6.45) is 10.4. The Morgan fingerprint density at radius 2 is 1.58 bits per heavy atom. The van der Waals surface area contributed by atoms with Gasteiger partial charge in [0, 0.05) is 32.1 Å². The number of piperidine rings is 1. The Morgan fingerprint density at radius 3 is 2.17 bits per heavy atom. The molecular formula is C18H25ClN4O. The zero-order valence-electron chi connectivity index (χ0n) is 14.0. The summed E-state index contributed by atoms with van der Waals surface area (Å²) >= 11 is 5.85. The number of amides is 1. The molecule has 24 heavy (non-hydrogen) atoms. The molecule has 2 unspecified atom stereocenters. The van der Waals surface area contributed by atoms with Crippen molar-refractivity contribution in [3.8, 4) is 0 Å². The Bertz CT molecular complexity index is 571. The number of hydrogen-bond acceptors (Lipinski definition) is 4. The molecule has 0 bridgehead atoms. The molecule has 3 heterocycles. The normalized spacial score (nSPS) is 28.0. The fraction of sp³-hybridized carbons (Fsp3) is 0.722. The summed E-state index contributed by atoms with van der Waals surface area (Å²) in [5, 5.41) is 0.555. The van der Waals surface area contributed by atoms with Gasteiger partial charge in [-0.15, -0.1) is 0 Å². The molecule has 5 nitrogen and oxygen atoms in total. The van der Waals surface area contributed by atoms with Crippen molar-refractivity contribution in [2.75, 3.05) is 31.1 Å². The van der Waals surface area contributed by atoms with Crippen LogP contribution in [-0.4, -0.2) is 47.0 Å². The molecule has 3 aliphatic rings.